The average Bonchev–Trinajstić information content (AvgIpc) is 2.50. The van der Waals surface area contributed by atoms with Crippen molar-refractivity contribution in [1.29, 1.82) is 0 Å². The number of rotatable bonds is 4. The van der Waals surface area contributed by atoms with Gasteiger partial charge in [0.25, 0.3) is 5.91 Å². The molecule has 5 heteroatoms. The van der Waals surface area contributed by atoms with E-state index in [9.17, 15) is 9.59 Å². The molecule has 0 saturated carbocycles. The van der Waals surface area contributed by atoms with E-state index in [1.807, 2.05) is 32.0 Å². The molecule has 1 amide bonds. The number of benzene rings is 1. The van der Waals surface area contributed by atoms with Gasteiger partial charge in [-0.3, -0.25) is 9.59 Å². The van der Waals surface area contributed by atoms with Crippen molar-refractivity contribution in [1.82, 2.24) is 4.90 Å². The number of carboxylic acids is 1. The summed E-state index contributed by atoms with van der Waals surface area (Å²) < 4.78 is 5.80. The second kappa shape index (κ2) is 6.81. The molecule has 5 nitrogen and oxygen atoms in total. The van der Waals surface area contributed by atoms with Crippen LogP contribution in [0.5, 0.6) is 5.75 Å². The van der Waals surface area contributed by atoms with Crippen molar-refractivity contribution >= 4 is 11.9 Å². The molecule has 2 atom stereocenters. The third kappa shape index (κ3) is 3.78. The lowest BCUT2D eigenvalue weighted by Gasteiger charge is -2.32. The van der Waals surface area contributed by atoms with Gasteiger partial charge in [-0.15, -0.1) is 0 Å². The third-order valence-corrected chi connectivity index (χ3v) is 4.08. The zero-order valence-corrected chi connectivity index (χ0v) is 13.3. The third-order valence-electron chi connectivity index (χ3n) is 4.08. The van der Waals surface area contributed by atoms with Gasteiger partial charge in [0.2, 0.25) is 0 Å². The van der Waals surface area contributed by atoms with E-state index in [4.69, 9.17) is 9.84 Å². The van der Waals surface area contributed by atoms with Crippen LogP contribution < -0.4 is 4.74 Å². The number of ether oxygens (including phenoxy) is 1. The Morgan fingerprint density at radius 1 is 1.36 bits per heavy atom. The van der Waals surface area contributed by atoms with Gasteiger partial charge in [-0.05, 0) is 50.8 Å². The van der Waals surface area contributed by atoms with E-state index in [0.29, 0.717) is 18.7 Å². The van der Waals surface area contributed by atoms with Gasteiger partial charge in [-0.25, -0.2) is 0 Å². The van der Waals surface area contributed by atoms with Crippen LogP contribution in [0.1, 0.15) is 30.9 Å². The van der Waals surface area contributed by atoms with Gasteiger partial charge in [0.05, 0.1) is 5.92 Å². The Labute approximate surface area is 130 Å². The maximum absolute atomic E-state index is 12.5. The van der Waals surface area contributed by atoms with Crippen LogP contribution in [-0.4, -0.2) is 41.1 Å². The second-order valence-electron chi connectivity index (χ2n) is 5.99. The summed E-state index contributed by atoms with van der Waals surface area (Å²) >= 11 is 0. The summed E-state index contributed by atoms with van der Waals surface area (Å²) in [6.45, 7) is 6.50. The zero-order valence-electron chi connectivity index (χ0n) is 13.3. The molecule has 1 aromatic rings. The molecule has 1 heterocycles. The summed E-state index contributed by atoms with van der Waals surface area (Å²) in [5.41, 5.74) is 2.05. The van der Waals surface area contributed by atoms with Gasteiger partial charge in [-0.2, -0.15) is 0 Å². The van der Waals surface area contributed by atoms with E-state index in [1.54, 1.807) is 11.8 Å². The molecule has 1 saturated heterocycles. The molecule has 1 aliphatic rings. The minimum absolute atomic E-state index is 0.146. The topological polar surface area (TPSA) is 66.8 Å². The van der Waals surface area contributed by atoms with Crippen LogP contribution in [0.25, 0.3) is 0 Å². The standard InChI is InChI=1S/C17H23NO4/c1-11-6-7-12(2)15(9-11)22-13(3)16(19)18-8-4-5-14(10-18)17(20)21/h6-7,9,13-14H,4-5,8,10H2,1-3H3,(H,20,21). The van der Waals surface area contributed by atoms with Crippen molar-refractivity contribution in [2.24, 2.45) is 5.92 Å². The molecule has 2 rings (SSSR count). The second-order valence-corrected chi connectivity index (χ2v) is 5.99. The van der Waals surface area contributed by atoms with Crippen LogP contribution in [0.4, 0.5) is 0 Å². The molecule has 2 unspecified atom stereocenters. The van der Waals surface area contributed by atoms with Gasteiger partial charge in [0.1, 0.15) is 5.75 Å². The number of hydrogen-bond acceptors (Lipinski definition) is 3. The maximum atomic E-state index is 12.5. The lowest BCUT2D eigenvalue weighted by Crippen LogP contribution is -2.47. The van der Waals surface area contributed by atoms with Gasteiger partial charge >= 0.3 is 5.97 Å². The monoisotopic (exact) mass is 305 g/mol. The van der Waals surface area contributed by atoms with Crippen molar-refractivity contribution in [3.05, 3.63) is 29.3 Å². The fraction of sp³-hybridized carbons (Fsp3) is 0.529. The number of aliphatic carboxylic acids is 1. The molecular formula is C17H23NO4. The number of nitrogens with zero attached hydrogens (tertiary/aromatic N) is 1. The Hall–Kier alpha value is -2.04. The fourth-order valence-corrected chi connectivity index (χ4v) is 2.71. The van der Waals surface area contributed by atoms with Crippen molar-refractivity contribution in [3.63, 3.8) is 0 Å². The van der Waals surface area contributed by atoms with Crippen LogP contribution >= 0.6 is 0 Å². The predicted octanol–water partition coefficient (Wildman–Crippen LogP) is 2.39. The molecule has 0 bridgehead atoms. The molecule has 120 valence electrons. The van der Waals surface area contributed by atoms with Crippen LogP contribution in [0.2, 0.25) is 0 Å². The highest BCUT2D eigenvalue weighted by Crippen LogP contribution is 2.22. The SMILES string of the molecule is Cc1ccc(C)c(OC(C)C(=O)N2CCCC(C(=O)O)C2)c1. The number of likely N-dealkylation sites (tertiary alicyclic amines) is 1. The summed E-state index contributed by atoms with van der Waals surface area (Å²) in [6, 6.07) is 5.87. The summed E-state index contributed by atoms with van der Waals surface area (Å²) in [6.07, 6.45) is 0.734. The summed E-state index contributed by atoms with van der Waals surface area (Å²) in [5.74, 6) is -0.745. The van der Waals surface area contributed by atoms with Crippen LogP contribution in [-0.2, 0) is 9.59 Å². The van der Waals surface area contributed by atoms with E-state index in [1.165, 1.54) is 0 Å². The number of amides is 1. The molecule has 1 aromatic carbocycles. The number of piperidine rings is 1. The van der Waals surface area contributed by atoms with E-state index < -0.39 is 18.0 Å². The highest BCUT2D eigenvalue weighted by atomic mass is 16.5. The van der Waals surface area contributed by atoms with Gasteiger partial charge in [0.15, 0.2) is 6.10 Å². The maximum Gasteiger partial charge on any atom is 0.308 e. The normalized spacial score (nSPS) is 19.6. The molecule has 0 radical (unpaired) electrons. The van der Waals surface area contributed by atoms with Crippen LogP contribution in [0, 0.1) is 19.8 Å². The van der Waals surface area contributed by atoms with E-state index in [2.05, 4.69) is 0 Å². The first-order chi connectivity index (χ1) is 10.4. The molecule has 1 N–H and O–H groups in total. The van der Waals surface area contributed by atoms with E-state index in [-0.39, 0.29) is 12.5 Å². The van der Waals surface area contributed by atoms with Crippen LogP contribution in [0.3, 0.4) is 0 Å². The zero-order chi connectivity index (χ0) is 16.3. The quantitative estimate of drug-likeness (QED) is 0.927. The summed E-state index contributed by atoms with van der Waals surface area (Å²) in [4.78, 5) is 25.2. The highest BCUT2D eigenvalue weighted by Gasteiger charge is 2.31. The Morgan fingerprint density at radius 3 is 2.77 bits per heavy atom. The lowest BCUT2D eigenvalue weighted by atomic mass is 9.98. The Bertz CT molecular complexity index is 570. The van der Waals surface area contributed by atoms with Gasteiger partial charge < -0.3 is 14.7 Å². The molecule has 1 fully saturated rings. The van der Waals surface area contributed by atoms with Crippen molar-refractivity contribution in [2.75, 3.05) is 13.1 Å². The number of hydrogen-bond donors (Lipinski definition) is 1. The minimum atomic E-state index is -0.833. The van der Waals surface area contributed by atoms with E-state index in [0.717, 1.165) is 17.5 Å². The first-order valence-corrected chi connectivity index (χ1v) is 7.64. The van der Waals surface area contributed by atoms with Gasteiger partial charge in [0, 0.05) is 13.1 Å². The fourth-order valence-electron chi connectivity index (χ4n) is 2.71. The average molecular weight is 305 g/mol. The molecule has 1 aliphatic heterocycles. The first kappa shape index (κ1) is 16.3. The summed E-state index contributed by atoms with van der Waals surface area (Å²) in [5, 5.41) is 9.11. The Balaban J connectivity index is 2.02. The molecule has 0 spiro atoms. The van der Waals surface area contributed by atoms with Crippen molar-refractivity contribution in [2.45, 2.75) is 39.7 Å². The van der Waals surface area contributed by atoms with E-state index >= 15 is 0 Å². The predicted molar refractivity (Wildman–Crippen MR) is 82.9 cm³/mol. The molecule has 22 heavy (non-hydrogen) atoms. The molecule has 0 aliphatic carbocycles. The Morgan fingerprint density at radius 2 is 2.09 bits per heavy atom. The highest BCUT2D eigenvalue weighted by molar-refractivity contribution is 5.82. The van der Waals surface area contributed by atoms with Crippen LogP contribution in [0.15, 0.2) is 18.2 Å². The largest absolute Gasteiger partial charge is 0.481 e. The minimum Gasteiger partial charge on any atom is -0.481 e. The Kier molecular flexibility index (Phi) is 5.06. The lowest BCUT2D eigenvalue weighted by molar-refractivity contribution is -0.147. The molecule has 0 aromatic heterocycles. The number of carboxylic acid groups (broad SMARTS) is 1. The van der Waals surface area contributed by atoms with Crippen molar-refractivity contribution < 1.29 is 19.4 Å². The summed E-state index contributed by atoms with van der Waals surface area (Å²) in [7, 11) is 0. The number of carbonyl (C=O) groups excluding carboxylic acids is 1. The number of aryl methyl sites for hydroxylation is 2. The number of carbonyl (C=O) groups is 2. The van der Waals surface area contributed by atoms with Gasteiger partial charge in [-0.1, -0.05) is 12.1 Å². The van der Waals surface area contributed by atoms with Crippen molar-refractivity contribution in [3.8, 4) is 5.75 Å². The molecular weight excluding hydrogens is 282 g/mol. The smallest absolute Gasteiger partial charge is 0.308 e. The first-order valence-electron chi connectivity index (χ1n) is 7.64.